The van der Waals surface area contributed by atoms with Gasteiger partial charge in [0.2, 0.25) is 10.0 Å². The van der Waals surface area contributed by atoms with Crippen molar-refractivity contribution in [2.24, 2.45) is 5.92 Å². The Labute approximate surface area is 147 Å². The van der Waals surface area contributed by atoms with Crippen LogP contribution < -0.4 is 5.69 Å². The van der Waals surface area contributed by atoms with Gasteiger partial charge in [0.15, 0.2) is 5.65 Å². The van der Waals surface area contributed by atoms with Crippen LogP contribution in [0, 0.1) is 5.92 Å². The topological polar surface area (TPSA) is 77.2 Å². The maximum absolute atomic E-state index is 13.0. The zero-order chi connectivity index (χ0) is 17.8. The first kappa shape index (κ1) is 16.8. The summed E-state index contributed by atoms with van der Waals surface area (Å²) in [4.78, 5) is 17.5. The highest BCUT2D eigenvalue weighted by molar-refractivity contribution is 7.90. The fourth-order valence-corrected chi connectivity index (χ4v) is 5.60. The zero-order valence-corrected chi connectivity index (χ0v) is 15.4. The molecule has 3 heterocycles. The van der Waals surface area contributed by atoms with E-state index in [1.807, 2.05) is 12.1 Å². The number of imidazole rings is 1. The maximum atomic E-state index is 13.0. The van der Waals surface area contributed by atoms with Gasteiger partial charge in [0, 0.05) is 25.8 Å². The van der Waals surface area contributed by atoms with Crippen molar-refractivity contribution >= 4 is 21.2 Å². The molecule has 25 heavy (non-hydrogen) atoms. The number of pyridine rings is 1. The molecule has 0 N–H and O–H groups in total. The molecule has 0 bridgehead atoms. The van der Waals surface area contributed by atoms with Crippen molar-refractivity contribution in [2.45, 2.75) is 50.9 Å². The molecule has 0 amide bonds. The summed E-state index contributed by atoms with van der Waals surface area (Å²) in [5.74, 6) is 0.340. The van der Waals surface area contributed by atoms with Crippen LogP contribution in [0.4, 0.5) is 0 Å². The molecular formula is C17H24N4O3S. The van der Waals surface area contributed by atoms with Gasteiger partial charge in [-0.15, -0.1) is 0 Å². The van der Waals surface area contributed by atoms with Crippen LogP contribution in [-0.4, -0.2) is 45.2 Å². The van der Waals surface area contributed by atoms with E-state index in [-0.39, 0.29) is 17.0 Å². The summed E-state index contributed by atoms with van der Waals surface area (Å²) in [5.41, 5.74) is 1.39. The van der Waals surface area contributed by atoms with Gasteiger partial charge in [-0.1, -0.05) is 13.8 Å². The first-order valence-electron chi connectivity index (χ1n) is 8.94. The molecule has 4 rings (SSSR count). The van der Waals surface area contributed by atoms with Crippen molar-refractivity contribution < 1.29 is 8.42 Å². The van der Waals surface area contributed by atoms with Crippen molar-refractivity contribution in [1.29, 1.82) is 0 Å². The third-order valence-electron chi connectivity index (χ3n) is 5.07. The van der Waals surface area contributed by atoms with Crippen LogP contribution in [0.25, 0.3) is 11.2 Å². The molecule has 2 fully saturated rings. The lowest BCUT2D eigenvalue weighted by Crippen LogP contribution is -2.34. The van der Waals surface area contributed by atoms with Crippen LogP contribution in [-0.2, 0) is 16.6 Å². The van der Waals surface area contributed by atoms with Crippen LogP contribution >= 0.6 is 0 Å². The predicted molar refractivity (Wildman–Crippen MR) is 96.0 cm³/mol. The summed E-state index contributed by atoms with van der Waals surface area (Å²) in [6.07, 6.45) is 3.87. The maximum Gasteiger partial charge on any atom is 0.330 e. The Hall–Kier alpha value is -1.67. The zero-order valence-electron chi connectivity index (χ0n) is 14.6. The fourth-order valence-electron chi connectivity index (χ4n) is 3.71. The number of hydrogen-bond acceptors (Lipinski definition) is 4. The monoisotopic (exact) mass is 364 g/mol. The van der Waals surface area contributed by atoms with E-state index in [2.05, 4.69) is 18.8 Å². The summed E-state index contributed by atoms with van der Waals surface area (Å²) in [7, 11) is -3.19. The van der Waals surface area contributed by atoms with Gasteiger partial charge in [-0.2, -0.15) is 4.31 Å². The van der Waals surface area contributed by atoms with Crippen molar-refractivity contribution in [1.82, 2.24) is 18.4 Å². The Bertz CT molecular complexity index is 956. The van der Waals surface area contributed by atoms with E-state index in [0.29, 0.717) is 37.6 Å². The predicted octanol–water partition coefficient (Wildman–Crippen LogP) is 1.59. The average Bonchev–Trinajstić information content (AvgIpc) is 3.26. The van der Waals surface area contributed by atoms with Crippen molar-refractivity contribution in [3.63, 3.8) is 0 Å². The molecule has 1 atom stereocenters. The molecule has 8 heteroatoms. The molecule has 2 aromatic heterocycles. The summed E-state index contributed by atoms with van der Waals surface area (Å²) < 4.78 is 30.0. The van der Waals surface area contributed by atoms with Gasteiger partial charge < -0.3 is 0 Å². The van der Waals surface area contributed by atoms with Crippen molar-refractivity contribution in [3.05, 3.63) is 28.8 Å². The van der Waals surface area contributed by atoms with Gasteiger partial charge in [-0.05, 0) is 37.3 Å². The Morgan fingerprint density at radius 2 is 2.04 bits per heavy atom. The number of fused-ring (bicyclic) bond motifs is 1. The van der Waals surface area contributed by atoms with E-state index in [4.69, 9.17) is 0 Å². The van der Waals surface area contributed by atoms with Crippen molar-refractivity contribution in [2.75, 3.05) is 13.1 Å². The Balaban J connectivity index is 1.73. The molecule has 0 radical (unpaired) electrons. The minimum atomic E-state index is -3.19. The molecule has 2 aromatic rings. The van der Waals surface area contributed by atoms with Crippen molar-refractivity contribution in [3.8, 4) is 0 Å². The smallest absolute Gasteiger partial charge is 0.290 e. The number of sulfonamides is 1. The largest absolute Gasteiger partial charge is 0.330 e. The Morgan fingerprint density at radius 1 is 1.28 bits per heavy atom. The minimum absolute atomic E-state index is 0.0851. The van der Waals surface area contributed by atoms with Gasteiger partial charge in [0.1, 0.15) is 0 Å². The first-order valence-corrected chi connectivity index (χ1v) is 10.4. The molecule has 0 aromatic carbocycles. The minimum Gasteiger partial charge on any atom is -0.290 e. The van der Waals surface area contributed by atoms with E-state index in [1.165, 1.54) is 0 Å². The van der Waals surface area contributed by atoms with Gasteiger partial charge in [0.05, 0.1) is 16.8 Å². The highest BCUT2D eigenvalue weighted by Crippen LogP contribution is 2.35. The molecule has 1 saturated heterocycles. The summed E-state index contributed by atoms with van der Waals surface area (Å²) >= 11 is 0. The Kier molecular flexibility index (Phi) is 3.99. The second kappa shape index (κ2) is 5.95. The van der Waals surface area contributed by atoms with E-state index in [1.54, 1.807) is 19.6 Å². The molecule has 1 aliphatic carbocycles. The standard InChI is InChI=1S/C17H24N4O3S/c1-12(2)10-20-15-4-3-8-18-16(15)21(17(20)22)13-7-9-19(11-13)25(23,24)14-5-6-14/h3-4,8,12-14H,5-7,9-11H2,1-2H3/t13-/m1/s1. The summed E-state index contributed by atoms with van der Waals surface area (Å²) in [6.45, 7) is 5.64. The van der Waals surface area contributed by atoms with Crippen LogP contribution in [0.3, 0.4) is 0 Å². The fraction of sp³-hybridized carbons (Fsp3) is 0.647. The first-order chi connectivity index (χ1) is 11.9. The second-order valence-corrected chi connectivity index (χ2v) is 9.76. The quantitative estimate of drug-likeness (QED) is 0.807. The molecular weight excluding hydrogens is 340 g/mol. The Morgan fingerprint density at radius 3 is 2.72 bits per heavy atom. The summed E-state index contributed by atoms with van der Waals surface area (Å²) in [5, 5.41) is -0.205. The lowest BCUT2D eigenvalue weighted by Gasteiger charge is -2.16. The summed E-state index contributed by atoms with van der Waals surface area (Å²) in [6, 6.07) is 3.60. The molecule has 7 nitrogen and oxygen atoms in total. The molecule has 0 unspecified atom stereocenters. The third-order valence-corrected chi connectivity index (χ3v) is 7.43. The highest BCUT2D eigenvalue weighted by atomic mass is 32.2. The number of aromatic nitrogens is 3. The number of hydrogen-bond donors (Lipinski definition) is 0. The van der Waals surface area contributed by atoms with E-state index in [0.717, 1.165) is 18.4 Å². The normalized spacial score (nSPS) is 22.3. The molecule has 1 aliphatic heterocycles. The van der Waals surface area contributed by atoms with Crippen LogP contribution in [0.5, 0.6) is 0 Å². The highest BCUT2D eigenvalue weighted by Gasteiger charge is 2.43. The second-order valence-electron chi connectivity index (χ2n) is 7.55. The van der Waals surface area contributed by atoms with Gasteiger partial charge in [-0.3, -0.25) is 9.13 Å². The SMILES string of the molecule is CC(C)Cn1c(=O)n([C@@H]2CCN(S(=O)(=O)C3CC3)C2)c2ncccc21. The molecule has 2 aliphatic rings. The lowest BCUT2D eigenvalue weighted by molar-refractivity contribution is 0.442. The van der Waals surface area contributed by atoms with Crippen LogP contribution in [0.1, 0.15) is 39.2 Å². The van der Waals surface area contributed by atoms with E-state index >= 15 is 0 Å². The molecule has 1 saturated carbocycles. The van der Waals surface area contributed by atoms with Crippen LogP contribution in [0.15, 0.2) is 23.1 Å². The lowest BCUT2D eigenvalue weighted by atomic mass is 10.2. The van der Waals surface area contributed by atoms with Gasteiger partial charge in [-0.25, -0.2) is 18.2 Å². The average molecular weight is 364 g/mol. The van der Waals surface area contributed by atoms with Crippen LogP contribution in [0.2, 0.25) is 0 Å². The van der Waals surface area contributed by atoms with E-state index in [9.17, 15) is 13.2 Å². The number of nitrogens with zero attached hydrogens (tertiary/aromatic N) is 4. The van der Waals surface area contributed by atoms with Gasteiger partial charge in [0.25, 0.3) is 0 Å². The molecule has 0 spiro atoms. The van der Waals surface area contributed by atoms with E-state index < -0.39 is 10.0 Å². The van der Waals surface area contributed by atoms with Gasteiger partial charge >= 0.3 is 5.69 Å². The third kappa shape index (κ3) is 2.81. The molecule has 136 valence electrons. The number of rotatable bonds is 5.